The first-order chi connectivity index (χ1) is 32.8. The number of rotatable bonds is 37. The van der Waals surface area contributed by atoms with Crippen LogP contribution in [0.3, 0.4) is 0 Å². The summed E-state index contributed by atoms with van der Waals surface area (Å²) in [7, 11) is -4.02. The van der Waals surface area contributed by atoms with Crippen molar-refractivity contribution in [3.05, 3.63) is 29.8 Å². The van der Waals surface area contributed by atoms with Crippen LogP contribution in [0.4, 0.5) is 0 Å². The van der Waals surface area contributed by atoms with E-state index < -0.39 is 76.1 Å². The number of carboxylic acid groups (broad SMARTS) is 2. The summed E-state index contributed by atoms with van der Waals surface area (Å²) >= 11 is 0. The Bertz CT molecular complexity index is 1640. The number of carbonyl (C=O) groups excluding carboxylic acids is 7. The molecule has 0 fully saturated rings. The fourth-order valence-corrected chi connectivity index (χ4v) is 5.43. The summed E-state index contributed by atoms with van der Waals surface area (Å²) in [6.45, 7) is 3.24. The van der Waals surface area contributed by atoms with E-state index in [-0.39, 0.29) is 83.4 Å². The number of esters is 4. The smallest absolute Gasteiger partial charge is 0.374 e. The standard InChI is InChI=1S/C28H46O12.C7H8O3S.C6H14O2.C5H6O5/c29-17-7-1-3-9-19-37-25(33)15-13-23(31)27(35)39-21-11-5-6-12-22-40-28(36)24(32)14-16-26(34)38-20-10-4-2-8-18-30;1-6-2-4-7(5-3-6)11(8,9)10;7-5-3-1-2-4-6-8;6-3(5(9)10)1-2-4(7)8/h29-30H,1-22H2;2-5H,1H3,(H,8,9,10);7-8H,1-6H2;1-2H2,(H,7,8)(H,9,10). The van der Waals surface area contributed by atoms with E-state index >= 15 is 0 Å². The zero-order valence-corrected chi connectivity index (χ0v) is 40.5. The highest BCUT2D eigenvalue weighted by molar-refractivity contribution is 7.85. The third-order valence-corrected chi connectivity index (χ3v) is 9.76. The van der Waals surface area contributed by atoms with Crippen molar-refractivity contribution in [2.75, 3.05) is 52.9 Å². The molecule has 23 heteroatoms. The van der Waals surface area contributed by atoms with Crippen molar-refractivity contribution in [2.24, 2.45) is 0 Å². The Balaban J connectivity index is -0.00000119. The van der Waals surface area contributed by atoms with Gasteiger partial charge in [-0.2, -0.15) is 8.42 Å². The number of ketones is 3. The first-order valence-electron chi connectivity index (χ1n) is 22.9. The maximum atomic E-state index is 11.8. The average Bonchev–Trinajstić information content (AvgIpc) is 3.31. The molecule has 0 spiro atoms. The lowest BCUT2D eigenvalue weighted by Gasteiger charge is -2.06. The molecule has 0 aliphatic heterocycles. The van der Waals surface area contributed by atoms with Crippen LogP contribution in [0, 0.1) is 6.92 Å². The number of aliphatic carboxylic acids is 2. The van der Waals surface area contributed by atoms with Crippen LogP contribution in [-0.4, -0.2) is 150 Å². The van der Waals surface area contributed by atoms with E-state index in [1.165, 1.54) is 12.1 Å². The lowest BCUT2D eigenvalue weighted by molar-refractivity contribution is -0.155. The number of aliphatic hydroxyl groups excluding tert-OH is 4. The number of Topliss-reactive ketones (excluding diaryl/α,β-unsaturated/α-hetero) is 3. The first kappa shape index (κ1) is 68.1. The average molecular weight is 1010 g/mol. The second-order valence-corrected chi connectivity index (χ2v) is 16.4. The molecule has 0 aliphatic carbocycles. The van der Waals surface area contributed by atoms with Crippen molar-refractivity contribution < 1.29 is 106 Å². The molecule has 396 valence electrons. The van der Waals surface area contributed by atoms with Crippen LogP contribution in [0.5, 0.6) is 0 Å². The second-order valence-electron chi connectivity index (χ2n) is 15.0. The fourth-order valence-electron chi connectivity index (χ4n) is 4.95. The van der Waals surface area contributed by atoms with Crippen LogP contribution in [-0.2, 0) is 72.2 Å². The van der Waals surface area contributed by atoms with Crippen molar-refractivity contribution in [1.29, 1.82) is 0 Å². The van der Waals surface area contributed by atoms with E-state index in [0.29, 0.717) is 51.4 Å². The minimum absolute atomic E-state index is 0.0416. The van der Waals surface area contributed by atoms with Crippen molar-refractivity contribution in [3.63, 3.8) is 0 Å². The molecule has 0 unspecified atom stereocenters. The Kier molecular flexibility index (Phi) is 45.9. The highest BCUT2D eigenvalue weighted by atomic mass is 32.2. The highest BCUT2D eigenvalue weighted by Crippen LogP contribution is 2.09. The van der Waals surface area contributed by atoms with Gasteiger partial charge in [-0.1, -0.05) is 43.4 Å². The number of hydrogen-bond donors (Lipinski definition) is 7. The van der Waals surface area contributed by atoms with E-state index in [4.69, 9.17) is 54.1 Å². The third kappa shape index (κ3) is 47.6. The van der Waals surface area contributed by atoms with Crippen LogP contribution in [0.15, 0.2) is 29.2 Å². The molecule has 1 aromatic rings. The Morgan fingerprint density at radius 3 is 1.01 bits per heavy atom. The molecule has 22 nitrogen and oxygen atoms in total. The number of aliphatic hydroxyl groups is 4. The lowest BCUT2D eigenvalue weighted by Crippen LogP contribution is -2.20. The topological polar surface area (TPSA) is 366 Å². The molecular weight excluding hydrogens is 937 g/mol. The number of aryl methyl sites for hydroxylation is 1. The zero-order valence-electron chi connectivity index (χ0n) is 39.7. The number of ether oxygens (including phenoxy) is 4. The number of benzene rings is 1. The predicted molar refractivity (Wildman–Crippen MR) is 245 cm³/mol. The minimum atomic E-state index is -4.02. The summed E-state index contributed by atoms with van der Waals surface area (Å²) in [5, 5.41) is 49.9. The van der Waals surface area contributed by atoms with Crippen LogP contribution in [0.2, 0.25) is 0 Å². The predicted octanol–water partition coefficient (Wildman–Crippen LogP) is 3.80. The Morgan fingerprint density at radius 2 is 0.725 bits per heavy atom. The van der Waals surface area contributed by atoms with E-state index in [9.17, 15) is 51.6 Å². The monoisotopic (exact) mass is 1010 g/mol. The summed E-state index contributed by atoms with van der Waals surface area (Å²) in [6, 6.07) is 5.99. The van der Waals surface area contributed by atoms with Gasteiger partial charge in [-0.3, -0.25) is 33.3 Å². The Morgan fingerprint density at radius 1 is 0.420 bits per heavy atom. The summed E-state index contributed by atoms with van der Waals surface area (Å²) in [4.78, 5) is 99.9. The molecule has 69 heavy (non-hydrogen) atoms. The molecule has 0 amide bonds. The lowest BCUT2D eigenvalue weighted by atomic mass is 10.2. The molecule has 0 atom stereocenters. The van der Waals surface area contributed by atoms with Crippen LogP contribution < -0.4 is 0 Å². The van der Waals surface area contributed by atoms with E-state index in [1.54, 1.807) is 12.1 Å². The van der Waals surface area contributed by atoms with Gasteiger partial charge in [-0.05, 0) is 96.1 Å². The Hall–Kier alpha value is -5.20. The number of carbonyl (C=O) groups is 9. The maximum Gasteiger partial charge on any atom is 0.374 e. The second kappa shape index (κ2) is 46.5. The summed E-state index contributed by atoms with van der Waals surface area (Å²) in [5.74, 6) is -8.50. The largest absolute Gasteiger partial charge is 0.481 e. The Labute approximate surface area is 403 Å². The molecule has 0 bridgehead atoms. The molecule has 0 aromatic heterocycles. The quantitative estimate of drug-likeness (QED) is 0.0164. The first-order valence-corrected chi connectivity index (χ1v) is 24.4. The van der Waals surface area contributed by atoms with Gasteiger partial charge in [0.15, 0.2) is 0 Å². The molecule has 0 heterocycles. The van der Waals surface area contributed by atoms with Crippen LogP contribution in [0.1, 0.15) is 147 Å². The normalized spacial score (nSPS) is 10.3. The fraction of sp³-hybridized carbons (Fsp3) is 0.674. The SMILES string of the molecule is Cc1ccc(S(=O)(=O)O)cc1.O=C(CCC(=O)C(=O)OCCCCCCOC(=O)C(=O)CCC(=O)OCCCCCCO)OCCCCCCO.O=C(O)CCC(=O)C(=O)O.OCCCCCCO. The third-order valence-electron chi connectivity index (χ3n) is 8.89. The van der Waals surface area contributed by atoms with Gasteiger partial charge in [0.1, 0.15) is 0 Å². The molecule has 1 rings (SSSR count). The molecule has 7 N–H and O–H groups in total. The van der Waals surface area contributed by atoms with Gasteiger partial charge in [0.2, 0.25) is 17.3 Å². The number of unbranched alkanes of at least 4 members (excludes halogenated alkanes) is 12. The van der Waals surface area contributed by atoms with Crippen LogP contribution in [0.25, 0.3) is 0 Å². The minimum Gasteiger partial charge on any atom is -0.481 e. The van der Waals surface area contributed by atoms with Crippen molar-refractivity contribution in [2.45, 2.75) is 153 Å². The van der Waals surface area contributed by atoms with Crippen molar-refractivity contribution in [3.8, 4) is 0 Å². The molecular formula is C46H74O22S. The van der Waals surface area contributed by atoms with E-state index in [0.717, 1.165) is 56.9 Å². The molecule has 1 aromatic carbocycles. The van der Waals surface area contributed by atoms with Gasteiger partial charge >= 0.3 is 35.8 Å². The van der Waals surface area contributed by atoms with Gasteiger partial charge < -0.3 is 49.6 Å². The highest BCUT2D eigenvalue weighted by Gasteiger charge is 2.19. The summed E-state index contributed by atoms with van der Waals surface area (Å²) in [5.41, 5.74) is 0.956. The zero-order chi connectivity index (χ0) is 52.7. The molecule has 0 radical (unpaired) electrons. The molecule has 0 saturated heterocycles. The summed E-state index contributed by atoms with van der Waals surface area (Å²) < 4.78 is 49.3. The van der Waals surface area contributed by atoms with Gasteiger partial charge in [-0.25, -0.2) is 14.4 Å². The maximum absolute atomic E-state index is 11.8. The molecule has 0 saturated carbocycles. The van der Waals surface area contributed by atoms with Crippen molar-refractivity contribution in [1.82, 2.24) is 0 Å². The van der Waals surface area contributed by atoms with E-state index in [1.807, 2.05) is 6.92 Å². The summed E-state index contributed by atoms with van der Waals surface area (Å²) in [6.07, 6.45) is 10.4. The molecule has 0 aliphatic rings. The van der Waals surface area contributed by atoms with Gasteiger partial charge in [0.05, 0.1) is 50.6 Å². The number of hydrogen-bond acceptors (Lipinski definition) is 19. The van der Waals surface area contributed by atoms with Gasteiger partial charge in [0.25, 0.3) is 10.1 Å². The van der Waals surface area contributed by atoms with Gasteiger partial charge in [-0.15, -0.1) is 0 Å². The van der Waals surface area contributed by atoms with Crippen molar-refractivity contribution >= 4 is 63.3 Å². The van der Waals surface area contributed by atoms with E-state index in [2.05, 4.69) is 0 Å². The van der Waals surface area contributed by atoms with Crippen LogP contribution >= 0.6 is 0 Å². The number of carboxylic acids is 2. The van der Waals surface area contributed by atoms with Gasteiger partial charge in [0, 0.05) is 45.7 Å².